The van der Waals surface area contributed by atoms with Crippen LogP contribution in [0.1, 0.15) is 17.0 Å². The minimum atomic E-state index is -4.45. The Balaban J connectivity index is 1.69. The summed E-state index contributed by atoms with van der Waals surface area (Å²) < 4.78 is 41.1. The van der Waals surface area contributed by atoms with Gasteiger partial charge < -0.3 is 11.1 Å². The quantitative estimate of drug-likeness (QED) is 0.534. The third-order valence-electron chi connectivity index (χ3n) is 4.48. The van der Waals surface area contributed by atoms with Crippen LogP contribution in [0.15, 0.2) is 54.9 Å². The van der Waals surface area contributed by atoms with Crippen LogP contribution >= 0.6 is 0 Å². The monoisotopic (exact) mass is 398 g/mol. The summed E-state index contributed by atoms with van der Waals surface area (Å²) in [6.45, 7) is 1.64. The van der Waals surface area contributed by atoms with Crippen molar-refractivity contribution < 1.29 is 13.2 Å². The van der Waals surface area contributed by atoms with Gasteiger partial charge in [0.15, 0.2) is 11.6 Å². The van der Waals surface area contributed by atoms with Crippen LogP contribution in [0, 0.1) is 6.92 Å². The van der Waals surface area contributed by atoms with Crippen molar-refractivity contribution in [2.24, 2.45) is 5.73 Å². The van der Waals surface area contributed by atoms with Crippen LogP contribution in [0.2, 0.25) is 0 Å². The van der Waals surface area contributed by atoms with Gasteiger partial charge >= 0.3 is 6.18 Å². The first kappa shape index (κ1) is 18.9. The number of rotatable bonds is 4. The second kappa shape index (κ2) is 7.17. The molecule has 0 saturated heterocycles. The summed E-state index contributed by atoms with van der Waals surface area (Å²) in [7, 11) is 0. The Bertz CT molecular complexity index is 1180. The minimum Gasteiger partial charge on any atom is -0.339 e. The van der Waals surface area contributed by atoms with E-state index in [2.05, 4.69) is 20.3 Å². The summed E-state index contributed by atoms with van der Waals surface area (Å²) in [5.74, 6) is 1.69. The molecule has 0 bridgehead atoms. The van der Waals surface area contributed by atoms with Gasteiger partial charge in [0.2, 0.25) is 0 Å². The number of hydrogen-bond acceptors (Lipinski definition) is 5. The fraction of sp³-hybridized carbons (Fsp3) is 0.150. The molecule has 29 heavy (non-hydrogen) atoms. The Morgan fingerprint density at radius 3 is 2.62 bits per heavy atom. The molecule has 4 aromatic rings. The number of nitrogens with two attached hydrogens (primary N) is 1. The zero-order valence-corrected chi connectivity index (χ0v) is 15.4. The summed E-state index contributed by atoms with van der Waals surface area (Å²) in [6, 6.07) is 11.4. The predicted octanol–water partition coefficient (Wildman–Crippen LogP) is 4.35. The standard InChI is InChI=1S/C20H17F3N6/c1-12-26-16-4-2-3-5-17(16)29(12)19-11-25-10-18(28-19)27-14-6-7-15(20(21,22)23)13(8-14)9-24/h2-8,10-11H,9,24H2,1H3,(H,27,28). The molecule has 2 heterocycles. The number of aryl methyl sites for hydroxylation is 1. The Labute approximate surface area is 164 Å². The molecule has 3 N–H and O–H groups in total. The van der Waals surface area contributed by atoms with E-state index >= 15 is 0 Å². The van der Waals surface area contributed by atoms with Gasteiger partial charge in [-0.1, -0.05) is 12.1 Å². The number of nitrogens with one attached hydrogen (secondary N) is 1. The van der Waals surface area contributed by atoms with Gasteiger partial charge in [-0.25, -0.2) is 9.97 Å². The maximum absolute atomic E-state index is 13.1. The zero-order valence-electron chi connectivity index (χ0n) is 15.4. The molecule has 4 rings (SSSR count). The van der Waals surface area contributed by atoms with E-state index in [1.54, 1.807) is 6.20 Å². The Morgan fingerprint density at radius 2 is 1.86 bits per heavy atom. The van der Waals surface area contributed by atoms with E-state index in [-0.39, 0.29) is 12.1 Å². The van der Waals surface area contributed by atoms with E-state index in [9.17, 15) is 13.2 Å². The third-order valence-corrected chi connectivity index (χ3v) is 4.48. The first-order valence-corrected chi connectivity index (χ1v) is 8.80. The SMILES string of the molecule is Cc1nc2ccccc2n1-c1cncc(Nc2ccc(C(F)(F)F)c(CN)c2)n1. The molecule has 0 radical (unpaired) electrons. The molecule has 0 atom stereocenters. The summed E-state index contributed by atoms with van der Waals surface area (Å²) in [5, 5.41) is 3.00. The van der Waals surface area contributed by atoms with Crippen molar-refractivity contribution in [2.45, 2.75) is 19.6 Å². The van der Waals surface area contributed by atoms with Crippen molar-refractivity contribution in [1.29, 1.82) is 0 Å². The van der Waals surface area contributed by atoms with Gasteiger partial charge in [-0.2, -0.15) is 13.2 Å². The van der Waals surface area contributed by atoms with E-state index in [0.29, 0.717) is 17.3 Å². The van der Waals surface area contributed by atoms with Crippen LogP contribution in [0.5, 0.6) is 0 Å². The van der Waals surface area contributed by atoms with Gasteiger partial charge in [-0.05, 0) is 42.8 Å². The number of para-hydroxylation sites is 2. The molecule has 0 spiro atoms. The van der Waals surface area contributed by atoms with Gasteiger partial charge in [0.25, 0.3) is 0 Å². The lowest BCUT2D eigenvalue weighted by molar-refractivity contribution is -0.138. The molecule has 2 aromatic carbocycles. The van der Waals surface area contributed by atoms with E-state index in [1.807, 2.05) is 35.8 Å². The highest BCUT2D eigenvalue weighted by Gasteiger charge is 2.32. The van der Waals surface area contributed by atoms with E-state index in [0.717, 1.165) is 22.9 Å². The summed E-state index contributed by atoms with van der Waals surface area (Å²) in [4.78, 5) is 13.3. The molecule has 148 valence electrons. The Hall–Kier alpha value is -3.46. The molecule has 0 aliphatic heterocycles. The number of nitrogens with zero attached hydrogens (tertiary/aromatic N) is 4. The van der Waals surface area contributed by atoms with Crippen LogP contribution in [-0.2, 0) is 12.7 Å². The summed E-state index contributed by atoms with van der Waals surface area (Å²) >= 11 is 0. The second-order valence-electron chi connectivity index (χ2n) is 6.44. The van der Waals surface area contributed by atoms with Crippen molar-refractivity contribution in [3.8, 4) is 5.82 Å². The normalized spacial score (nSPS) is 11.8. The van der Waals surface area contributed by atoms with Crippen molar-refractivity contribution in [1.82, 2.24) is 19.5 Å². The number of aromatic nitrogens is 4. The lowest BCUT2D eigenvalue weighted by atomic mass is 10.1. The number of hydrogen-bond donors (Lipinski definition) is 2. The van der Waals surface area contributed by atoms with Crippen molar-refractivity contribution in [3.05, 3.63) is 71.8 Å². The van der Waals surface area contributed by atoms with Crippen molar-refractivity contribution in [3.63, 3.8) is 0 Å². The summed E-state index contributed by atoms with van der Waals surface area (Å²) in [5.41, 5.74) is 6.92. The fourth-order valence-electron chi connectivity index (χ4n) is 3.22. The number of imidazole rings is 1. The van der Waals surface area contributed by atoms with Gasteiger partial charge in [0.05, 0.1) is 29.0 Å². The highest BCUT2D eigenvalue weighted by Crippen LogP contribution is 2.33. The average molecular weight is 398 g/mol. The Kier molecular flexibility index (Phi) is 4.67. The van der Waals surface area contributed by atoms with Crippen LogP contribution in [0.25, 0.3) is 16.9 Å². The second-order valence-corrected chi connectivity index (χ2v) is 6.44. The van der Waals surface area contributed by atoms with Crippen LogP contribution < -0.4 is 11.1 Å². The third kappa shape index (κ3) is 3.64. The Morgan fingerprint density at radius 1 is 1.07 bits per heavy atom. The molecular weight excluding hydrogens is 381 g/mol. The molecule has 0 unspecified atom stereocenters. The fourth-order valence-corrected chi connectivity index (χ4v) is 3.22. The topological polar surface area (TPSA) is 81.7 Å². The first-order chi connectivity index (χ1) is 13.9. The average Bonchev–Trinajstić information content (AvgIpc) is 3.03. The van der Waals surface area contributed by atoms with Crippen LogP contribution in [0.3, 0.4) is 0 Å². The van der Waals surface area contributed by atoms with Crippen LogP contribution in [-0.4, -0.2) is 19.5 Å². The maximum atomic E-state index is 13.1. The highest BCUT2D eigenvalue weighted by molar-refractivity contribution is 5.77. The molecule has 0 aliphatic carbocycles. The number of alkyl halides is 3. The lowest BCUT2D eigenvalue weighted by Crippen LogP contribution is -2.12. The number of fused-ring (bicyclic) bond motifs is 1. The van der Waals surface area contributed by atoms with Crippen LogP contribution in [0.4, 0.5) is 24.7 Å². The van der Waals surface area contributed by atoms with Crippen molar-refractivity contribution >= 4 is 22.5 Å². The van der Waals surface area contributed by atoms with E-state index in [4.69, 9.17) is 5.73 Å². The molecule has 0 amide bonds. The van der Waals surface area contributed by atoms with Gasteiger partial charge in [-0.3, -0.25) is 9.55 Å². The predicted molar refractivity (Wildman–Crippen MR) is 104 cm³/mol. The lowest BCUT2D eigenvalue weighted by Gasteiger charge is -2.14. The largest absolute Gasteiger partial charge is 0.416 e. The molecule has 0 fully saturated rings. The zero-order chi connectivity index (χ0) is 20.6. The molecule has 2 aromatic heterocycles. The van der Waals surface area contributed by atoms with E-state index in [1.165, 1.54) is 18.3 Å². The molecule has 0 saturated carbocycles. The molecule has 6 nitrogen and oxygen atoms in total. The first-order valence-electron chi connectivity index (χ1n) is 8.80. The minimum absolute atomic E-state index is 0.00284. The highest BCUT2D eigenvalue weighted by atomic mass is 19.4. The molecular formula is C20H17F3N6. The molecule has 9 heteroatoms. The van der Waals surface area contributed by atoms with Crippen molar-refractivity contribution in [2.75, 3.05) is 5.32 Å². The summed E-state index contributed by atoms with van der Waals surface area (Å²) in [6.07, 6.45) is -1.35. The van der Waals surface area contributed by atoms with Gasteiger partial charge in [0, 0.05) is 12.2 Å². The number of benzene rings is 2. The number of anilines is 2. The van der Waals surface area contributed by atoms with Gasteiger partial charge in [0.1, 0.15) is 5.82 Å². The smallest absolute Gasteiger partial charge is 0.339 e. The van der Waals surface area contributed by atoms with Gasteiger partial charge in [-0.15, -0.1) is 0 Å². The maximum Gasteiger partial charge on any atom is 0.416 e. The van der Waals surface area contributed by atoms with E-state index < -0.39 is 11.7 Å². The number of halogens is 3. The molecule has 0 aliphatic rings.